The monoisotopic (exact) mass is 612 g/mol. The van der Waals surface area contributed by atoms with Crippen molar-refractivity contribution < 1.29 is 32.6 Å². The summed E-state index contributed by atoms with van der Waals surface area (Å²) < 4.78 is 33.9. The third kappa shape index (κ3) is 20.0. The van der Waals surface area contributed by atoms with E-state index in [1.807, 2.05) is 12.1 Å². The Morgan fingerprint density at radius 1 is 0.854 bits per heavy atom. The van der Waals surface area contributed by atoms with Crippen LogP contribution in [-0.2, 0) is 39.0 Å². The standard InChI is InChI=1S/C28H52N4O7Si2/c1-40(2,23-7-11-29)39-41(3,4)28-10-5-8-26(25-28)24-27(33)9-6-13-34-15-17-36-19-21-38-22-20-37-18-16-35-14-12-31-32-30/h5,8,10,25H,6-7,9,11-24,29H2,1-4H3. The van der Waals surface area contributed by atoms with Gasteiger partial charge in [-0.3, -0.25) is 4.79 Å². The highest BCUT2D eigenvalue weighted by atomic mass is 28.4. The minimum Gasteiger partial charge on any atom is -0.452 e. The van der Waals surface area contributed by atoms with Gasteiger partial charge in [0, 0.05) is 30.9 Å². The van der Waals surface area contributed by atoms with E-state index >= 15 is 0 Å². The summed E-state index contributed by atoms with van der Waals surface area (Å²) in [4.78, 5) is 15.2. The second kappa shape index (κ2) is 22.9. The highest BCUT2D eigenvalue weighted by Gasteiger charge is 2.34. The molecule has 0 aliphatic heterocycles. The molecule has 0 saturated carbocycles. The SMILES string of the molecule is C[Si](C)(CCCN)O[Si](C)(C)c1cccc(CC(=O)CCCOCCOCCOCCOCCOCCN=[N+]=[N-])c1. The first-order valence-corrected chi connectivity index (χ1v) is 20.6. The molecular weight excluding hydrogens is 561 g/mol. The van der Waals surface area contributed by atoms with Crippen molar-refractivity contribution >= 4 is 27.6 Å². The Bertz CT molecular complexity index is 887. The van der Waals surface area contributed by atoms with Crippen molar-refractivity contribution in [2.24, 2.45) is 10.8 Å². The van der Waals surface area contributed by atoms with E-state index in [0.29, 0.717) is 98.4 Å². The molecule has 0 unspecified atom stereocenters. The third-order valence-corrected chi connectivity index (χ3v) is 13.7. The van der Waals surface area contributed by atoms with Crippen LogP contribution in [0.15, 0.2) is 29.4 Å². The van der Waals surface area contributed by atoms with Crippen LogP contribution in [0.5, 0.6) is 0 Å². The first-order chi connectivity index (χ1) is 19.7. The molecule has 2 N–H and O–H groups in total. The molecule has 41 heavy (non-hydrogen) atoms. The average Bonchev–Trinajstić information content (AvgIpc) is 2.93. The molecule has 1 rings (SSSR count). The zero-order valence-electron chi connectivity index (χ0n) is 25.6. The van der Waals surface area contributed by atoms with Gasteiger partial charge in [0.05, 0.1) is 59.5 Å². The Labute approximate surface area is 248 Å². The Kier molecular flexibility index (Phi) is 20.9. The number of ether oxygens (including phenoxy) is 5. The van der Waals surface area contributed by atoms with E-state index in [4.69, 9.17) is 39.1 Å². The molecule has 13 heteroatoms. The summed E-state index contributed by atoms with van der Waals surface area (Å²) in [5, 5.41) is 4.61. The third-order valence-electron chi connectivity index (χ3n) is 6.17. The zero-order valence-corrected chi connectivity index (χ0v) is 27.6. The number of azide groups is 1. The van der Waals surface area contributed by atoms with Crippen LogP contribution >= 0.6 is 0 Å². The van der Waals surface area contributed by atoms with Crippen molar-refractivity contribution in [3.05, 3.63) is 40.3 Å². The molecule has 0 atom stereocenters. The van der Waals surface area contributed by atoms with Crippen LogP contribution in [0, 0.1) is 0 Å². The quantitative estimate of drug-likeness (QED) is 0.0516. The van der Waals surface area contributed by atoms with Crippen LogP contribution in [0.25, 0.3) is 10.4 Å². The lowest BCUT2D eigenvalue weighted by Crippen LogP contribution is -2.52. The van der Waals surface area contributed by atoms with Crippen LogP contribution in [0.3, 0.4) is 0 Å². The van der Waals surface area contributed by atoms with E-state index in [1.165, 1.54) is 5.19 Å². The smallest absolute Gasteiger partial charge is 0.205 e. The van der Waals surface area contributed by atoms with Gasteiger partial charge in [-0.05, 0) is 67.9 Å². The molecule has 0 amide bonds. The van der Waals surface area contributed by atoms with Gasteiger partial charge in [0.2, 0.25) is 8.32 Å². The van der Waals surface area contributed by atoms with Gasteiger partial charge in [-0.25, -0.2) is 0 Å². The molecule has 11 nitrogen and oxygen atoms in total. The summed E-state index contributed by atoms with van der Waals surface area (Å²) in [5.41, 5.74) is 14.9. The predicted molar refractivity (Wildman–Crippen MR) is 167 cm³/mol. The maximum absolute atomic E-state index is 12.6. The second-order valence-electron chi connectivity index (χ2n) is 10.8. The molecule has 1 aromatic rings. The van der Waals surface area contributed by atoms with Gasteiger partial charge in [-0.1, -0.05) is 29.4 Å². The lowest BCUT2D eigenvalue weighted by Gasteiger charge is -2.34. The summed E-state index contributed by atoms with van der Waals surface area (Å²) in [6.07, 6.45) is 2.64. The lowest BCUT2D eigenvalue weighted by atomic mass is 10.1. The van der Waals surface area contributed by atoms with Crippen molar-refractivity contribution in [1.82, 2.24) is 0 Å². The fourth-order valence-corrected chi connectivity index (χ4v) is 12.7. The van der Waals surface area contributed by atoms with E-state index in [9.17, 15) is 4.79 Å². The highest BCUT2D eigenvalue weighted by molar-refractivity contribution is 6.92. The van der Waals surface area contributed by atoms with E-state index in [1.54, 1.807) is 0 Å². The Morgan fingerprint density at radius 2 is 1.41 bits per heavy atom. The molecule has 0 saturated heterocycles. The summed E-state index contributed by atoms with van der Waals surface area (Å²) in [5.74, 6) is 0.221. The van der Waals surface area contributed by atoms with E-state index in [2.05, 4.69) is 48.3 Å². The fourth-order valence-electron chi connectivity index (χ4n) is 4.20. The number of Topliss-reactive ketones (excluding diaryl/α,β-unsaturated/α-hetero) is 1. The molecule has 1 aromatic carbocycles. The molecular formula is C28H52N4O7Si2. The van der Waals surface area contributed by atoms with Crippen molar-refractivity contribution in [2.45, 2.75) is 57.9 Å². The molecule has 0 aliphatic carbocycles. The van der Waals surface area contributed by atoms with Crippen LogP contribution in [0.4, 0.5) is 0 Å². The molecule has 0 aliphatic rings. The summed E-state index contributed by atoms with van der Waals surface area (Å²) in [6.45, 7) is 14.8. The fraction of sp³-hybridized carbons (Fsp3) is 0.750. The van der Waals surface area contributed by atoms with E-state index in [0.717, 1.165) is 18.0 Å². The van der Waals surface area contributed by atoms with Crippen molar-refractivity contribution in [2.75, 3.05) is 79.2 Å². The van der Waals surface area contributed by atoms with Gasteiger partial charge in [0.1, 0.15) is 5.78 Å². The van der Waals surface area contributed by atoms with Gasteiger partial charge in [0.15, 0.2) is 8.32 Å². The first kappa shape index (κ1) is 37.4. The van der Waals surface area contributed by atoms with Crippen molar-refractivity contribution in [1.29, 1.82) is 0 Å². The number of nitrogens with two attached hydrogens (primary N) is 1. The second-order valence-corrected chi connectivity index (χ2v) is 19.2. The minimum atomic E-state index is -2.07. The molecule has 0 radical (unpaired) electrons. The van der Waals surface area contributed by atoms with E-state index < -0.39 is 16.6 Å². The van der Waals surface area contributed by atoms with Gasteiger partial charge >= 0.3 is 0 Å². The Hall–Kier alpha value is -1.65. The number of rotatable bonds is 27. The normalized spacial score (nSPS) is 11.9. The van der Waals surface area contributed by atoms with Gasteiger partial charge in [0.25, 0.3) is 0 Å². The van der Waals surface area contributed by atoms with E-state index in [-0.39, 0.29) is 5.78 Å². The minimum absolute atomic E-state index is 0.221. The first-order valence-electron chi connectivity index (χ1n) is 14.6. The zero-order chi connectivity index (χ0) is 30.2. The van der Waals surface area contributed by atoms with Crippen LogP contribution in [0.1, 0.15) is 24.8 Å². The van der Waals surface area contributed by atoms with Gasteiger partial charge in [-0.15, -0.1) is 0 Å². The predicted octanol–water partition coefficient (Wildman–Crippen LogP) is 3.95. The number of nitrogens with zero attached hydrogens (tertiary/aromatic N) is 3. The lowest BCUT2D eigenvalue weighted by molar-refractivity contribution is -0.118. The molecule has 0 fully saturated rings. The van der Waals surface area contributed by atoms with Crippen molar-refractivity contribution in [3.8, 4) is 0 Å². The number of hydrogen-bond acceptors (Lipinski definition) is 9. The van der Waals surface area contributed by atoms with Gasteiger partial charge < -0.3 is 33.5 Å². The Balaban J connectivity index is 2.07. The summed E-state index contributed by atoms with van der Waals surface area (Å²) in [6, 6.07) is 9.44. The van der Waals surface area contributed by atoms with Crippen LogP contribution in [-0.4, -0.2) is 102 Å². The Morgan fingerprint density at radius 3 is 1.98 bits per heavy atom. The summed E-state index contributed by atoms with van der Waals surface area (Å²) >= 11 is 0. The average molecular weight is 613 g/mol. The number of hydrogen-bond donors (Lipinski definition) is 1. The van der Waals surface area contributed by atoms with Crippen LogP contribution < -0.4 is 10.9 Å². The topological polar surface area (TPSA) is 147 Å². The van der Waals surface area contributed by atoms with Gasteiger partial charge in [-0.2, -0.15) is 0 Å². The number of ketones is 1. The molecule has 0 aromatic heterocycles. The summed E-state index contributed by atoms with van der Waals surface area (Å²) in [7, 11) is -3.84. The molecule has 0 bridgehead atoms. The highest BCUT2D eigenvalue weighted by Crippen LogP contribution is 2.20. The number of carbonyl (C=O) groups is 1. The number of carbonyl (C=O) groups excluding carboxylic acids is 1. The van der Waals surface area contributed by atoms with Crippen molar-refractivity contribution in [3.63, 3.8) is 0 Å². The number of benzene rings is 1. The maximum Gasteiger partial charge on any atom is 0.205 e. The molecule has 234 valence electrons. The molecule has 0 heterocycles. The largest absolute Gasteiger partial charge is 0.452 e. The maximum atomic E-state index is 12.6. The molecule has 0 spiro atoms. The van der Waals surface area contributed by atoms with Crippen LogP contribution in [0.2, 0.25) is 32.2 Å².